The van der Waals surface area contributed by atoms with Crippen LogP contribution >= 0.6 is 11.6 Å². The van der Waals surface area contributed by atoms with Gasteiger partial charge in [-0.3, -0.25) is 9.59 Å². The van der Waals surface area contributed by atoms with E-state index in [-0.39, 0.29) is 30.7 Å². The molecular formula is C20H20ClFN2O3. The maximum Gasteiger partial charge on any atom is 0.260 e. The molecule has 1 heterocycles. The van der Waals surface area contributed by atoms with Crippen molar-refractivity contribution in [1.29, 1.82) is 0 Å². The molecule has 0 saturated carbocycles. The number of piperazine rings is 1. The van der Waals surface area contributed by atoms with Crippen molar-refractivity contribution >= 4 is 23.4 Å². The number of ether oxygens (including phenoxy) is 1. The summed E-state index contributed by atoms with van der Waals surface area (Å²) >= 11 is 6.01. The Labute approximate surface area is 162 Å². The van der Waals surface area contributed by atoms with Gasteiger partial charge in [0.1, 0.15) is 11.6 Å². The standard InChI is InChI=1S/C20H20ClFN2O3/c21-17-3-1-2-4-18(17)27-14-20(26)24-11-9-23(10-12-24)19(25)13-15-5-7-16(22)8-6-15/h1-8H,9-14H2. The molecule has 2 aromatic carbocycles. The number of amides is 2. The summed E-state index contributed by atoms with van der Waals surface area (Å²) in [6.45, 7) is 1.77. The van der Waals surface area contributed by atoms with Crippen LogP contribution in [0.2, 0.25) is 5.02 Å². The van der Waals surface area contributed by atoms with Crippen LogP contribution in [-0.4, -0.2) is 54.4 Å². The predicted octanol–water partition coefficient (Wildman–Crippen LogP) is 2.77. The van der Waals surface area contributed by atoms with Gasteiger partial charge in [0.2, 0.25) is 5.91 Å². The molecule has 1 saturated heterocycles. The van der Waals surface area contributed by atoms with Crippen molar-refractivity contribution in [3.05, 3.63) is 64.9 Å². The molecule has 142 valence electrons. The second-order valence-electron chi connectivity index (χ2n) is 6.28. The van der Waals surface area contributed by atoms with E-state index in [1.807, 2.05) is 0 Å². The van der Waals surface area contributed by atoms with Gasteiger partial charge in [0.25, 0.3) is 5.91 Å². The van der Waals surface area contributed by atoms with Crippen molar-refractivity contribution in [3.63, 3.8) is 0 Å². The largest absolute Gasteiger partial charge is 0.482 e. The number of hydrogen-bond donors (Lipinski definition) is 0. The second-order valence-corrected chi connectivity index (χ2v) is 6.69. The van der Waals surface area contributed by atoms with Gasteiger partial charge >= 0.3 is 0 Å². The number of benzene rings is 2. The van der Waals surface area contributed by atoms with Crippen LogP contribution < -0.4 is 4.74 Å². The summed E-state index contributed by atoms with van der Waals surface area (Å²) in [6.07, 6.45) is 0.226. The minimum Gasteiger partial charge on any atom is -0.482 e. The van der Waals surface area contributed by atoms with Crippen molar-refractivity contribution in [3.8, 4) is 5.75 Å². The van der Waals surface area contributed by atoms with E-state index in [1.165, 1.54) is 12.1 Å². The fourth-order valence-corrected chi connectivity index (χ4v) is 3.08. The highest BCUT2D eigenvalue weighted by molar-refractivity contribution is 6.32. The lowest BCUT2D eigenvalue weighted by atomic mass is 10.1. The molecule has 0 bridgehead atoms. The zero-order chi connectivity index (χ0) is 19.2. The summed E-state index contributed by atoms with van der Waals surface area (Å²) < 4.78 is 18.4. The Balaban J connectivity index is 1.45. The third-order valence-electron chi connectivity index (χ3n) is 4.44. The van der Waals surface area contributed by atoms with Crippen molar-refractivity contribution < 1.29 is 18.7 Å². The van der Waals surface area contributed by atoms with Gasteiger partial charge in [-0.05, 0) is 29.8 Å². The molecule has 0 spiro atoms. The lowest BCUT2D eigenvalue weighted by Crippen LogP contribution is -2.52. The van der Waals surface area contributed by atoms with Gasteiger partial charge in [0, 0.05) is 26.2 Å². The quantitative estimate of drug-likeness (QED) is 0.788. The van der Waals surface area contributed by atoms with E-state index in [2.05, 4.69) is 0 Å². The van der Waals surface area contributed by atoms with Crippen LogP contribution in [0.3, 0.4) is 0 Å². The highest BCUT2D eigenvalue weighted by Crippen LogP contribution is 2.23. The Morgan fingerprint density at radius 2 is 1.52 bits per heavy atom. The average Bonchev–Trinajstić information content (AvgIpc) is 2.69. The van der Waals surface area contributed by atoms with Crippen LogP contribution in [0.25, 0.3) is 0 Å². The van der Waals surface area contributed by atoms with Gasteiger partial charge in [0.15, 0.2) is 6.61 Å². The number of rotatable bonds is 5. The number of nitrogens with zero attached hydrogens (tertiary/aromatic N) is 2. The summed E-state index contributed by atoms with van der Waals surface area (Å²) in [5, 5.41) is 0.460. The Morgan fingerprint density at radius 3 is 2.15 bits per heavy atom. The molecule has 0 unspecified atom stereocenters. The molecule has 0 atom stereocenters. The van der Waals surface area contributed by atoms with E-state index in [1.54, 1.807) is 46.2 Å². The molecule has 27 heavy (non-hydrogen) atoms. The lowest BCUT2D eigenvalue weighted by Gasteiger charge is -2.34. The molecule has 1 fully saturated rings. The first-order valence-corrected chi connectivity index (χ1v) is 9.08. The molecule has 2 aromatic rings. The molecule has 2 amide bonds. The monoisotopic (exact) mass is 390 g/mol. The van der Waals surface area contributed by atoms with Crippen LogP contribution in [0.4, 0.5) is 4.39 Å². The van der Waals surface area contributed by atoms with Crippen molar-refractivity contribution in [2.45, 2.75) is 6.42 Å². The normalized spacial score (nSPS) is 14.1. The lowest BCUT2D eigenvalue weighted by molar-refractivity contribution is -0.140. The van der Waals surface area contributed by atoms with Gasteiger partial charge in [-0.2, -0.15) is 0 Å². The molecule has 0 radical (unpaired) electrons. The summed E-state index contributed by atoms with van der Waals surface area (Å²) in [5.41, 5.74) is 0.771. The zero-order valence-corrected chi connectivity index (χ0v) is 15.5. The van der Waals surface area contributed by atoms with Gasteiger partial charge in [0.05, 0.1) is 11.4 Å². The third-order valence-corrected chi connectivity index (χ3v) is 4.75. The zero-order valence-electron chi connectivity index (χ0n) is 14.7. The van der Waals surface area contributed by atoms with Crippen molar-refractivity contribution in [1.82, 2.24) is 9.80 Å². The van der Waals surface area contributed by atoms with Crippen molar-refractivity contribution in [2.24, 2.45) is 0 Å². The van der Waals surface area contributed by atoms with E-state index < -0.39 is 0 Å². The van der Waals surface area contributed by atoms with Gasteiger partial charge < -0.3 is 14.5 Å². The van der Waals surface area contributed by atoms with Gasteiger partial charge in [-0.1, -0.05) is 35.9 Å². The van der Waals surface area contributed by atoms with Crippen LogP contribution in [0.5, 0.6) is 5.75 Å². The predicted molar refractivity (Wildman–Crippen MR) is 100 cm³/mol. The number of halogens is 2. The van der Waals surface area contributed by atoms with E-state index >= 15 is 0 Å². The smallest absolute Gasteiger partial charge is 0.260 e. The highest BCUT2D eigenvalue weighted by Gasteiger charge is 2.24. The summed E-state index contributed by atoms with van der Waals surface area (Å²) in [7, 11) is 0. The summed E-state index contributed by atoms with van der Waals surface area (Å²) in [5.74, 6) is -0.0143. The minimum absolute atomic E-state index is 0.0268. The average molecular weight is 391 g/mol. The molecule has 0 aliphatic carbocycles. The van der Waals surface area contributed by atoms with Crippen LogP contribution in [-0.2, 0) is 16.0 Å². The fraction of sp³-hybridized carbons (Fsp3) is 0.300. The van der Waals surface area contributed by atoms with E-state index in [9.17, 15) is 14.0 Å². The topological polar surface area (TPSA) is 49.9 Å². The van der Waals surface area contributed by atoms with Crippen LogP contribution in [0.15, 0.2) is 48.5 Å². The first-order chi connectivity index (χ1) is 13.0. The molecular weight excluding hydrogens is 371 g/mol. The Kier molecular flexibility index (Phi) is 6.29. The third kappa shape index (κ3) is 5.20. The fourth-order valence-electron chi connectivity index (χ4n) is 2.89. The molecule has 1 aliphatic rings. The maximum absolute atomic E-state index is 12.9. The van der Waals surface area contributed by atoms with Crippen molar-refractivity contribution in [2.75, 3.05) is 32.8 Å². The Bertz CT molecular complexity index is 805. The van der Waals surface area contributed by atoms with E-state index in [0.29, 0.717) is 37.0 Å². The van der Waals surface area contributed by atoms with Gasteiger partial charge in [-0.25, -0.2) is 4.39 Å². The number of hydrogen-bond acceptors (Lipinski definition) is 3. The number of carbonyl (C=O) groups is 2. The van der Waals surface area contributed by atoms with Crippen LogP contribution in [0.1, 0.15) is 5.56 Å². The number of para-hydroxylation sites is 1. The molecule has 3 rings (SSSR count). The molecule has 1 aliphatic heterocycles. The SMILES string of the molecule is O=C(COc1ccccc1Cl)N1CCN(C(=O)Cc2ccc(F)cc2)CC1. The van der Waals surface area contributed by atoms with Gasteiger partial charge in [-0.15, -0.1) is 0 Å². The van der Waals surface area contributed by atoms with Crippen LogP contribution in [0, 0.1) is 5.82 Å². The second kappa shape index (κ2) is 8.86. The minimum atomic E-state index is -0.322. The Hall–Kier alpha value is -2.60. The first kappa shape index (κ1) is 19.2. The number of carbonyl (C=O) groups excluding carboxylic acids is 2. The summed E-state index contributed by atoms with van der Waals surface area (Å²) in [6, 6.07) is 12.9. The van der Waals surface area contributed by atoms with E-state index in [4.69, 9.17) is 16.3 Å². The van der Waals surface area contributed by atoms with E-state index in [0.717, 1.165) is 5.56 Å². The summed E-state index contributed by atoms with van der Waals surface area (Å²) in [4.78, 5) is 28.1. The highest BCUT2D eigenvalue weighted by atomic mass is 35.5. The molecule has 0 N–H and O–H groups in total. The molecule has 7 heteroatoms. The molecule has 5 nitrogen and oxygen atoms in total. The first-order valence-electron chi connectivity index (χ1n) is 8.70. The molecule has 0 aromatic heterocycles. The Morgan fingerprint density at radius 1 is 0.926 bits per heavy atom. The maximum atomic E-state index is 12.9.